The van der Waals surface area contributed by atoms with E-state index in [1.165, 1.54) is 11.1 Å². The fourth-order valence-corrected chi connectivity index (χ4v) is 2.81. The standard InChI is InChI=1S/C18H19NO2/c20-18(21-13-14-7-2-1-3-8-14)19-17-12-6-10-15-9-4-5-11-16(15)17/h1-5,7-9,11,17H,6,10,12-13H2,(H,19,20). The number of rotatable bonds is 3. The maximum Gasteiger partial charge on any atom is 0.407 e. The van der Waals surface area contributed by atoms with E-state index in [9.17, 15) is 4.79 Å². The number of hydrogen-bond donors (Lipinski definition) is 1. The van der Waals surface area contributed by atoms with Crippen LogP contribution in [0.4, 0.5) is 4.79 Å². The highest BCUT2D eigenvalue weighted by molar-refractivity contribution is 5.68. The van der Waals surface area contributed by atoms with Gasteiger partial charge in [-0.2, -0.15) is 0 Å². The van der Waals surface area contributed by atoms with Crippen molar-refractivity contribution in [1.29, 1.82) is 0 Å². The first kappa shape index (κ1) is 13.7. The lowest BCUT2D eigenvalue weighted by Gasteiger charge is -2.26. The second-order valence-corrected chi connectivity index (χ2v) is 5.35. The summed E-state index contributed by atoms with van der Waals surface area (Å²) >= 11 is 0. The zero-order chi connectivity index (χ0) is 14.5. The molecule has 1 aliphatic rings. The van der Waals surface area contributed by atoms with Gasteiger partial charge in [0.15, 0.2) is 0 Å². The number of carbonyl (C=O) groups excluding carboxylic acids is 1. The zero-order valence-electron chi connectivity index (χ0n) is 11.9. The molecule has 0 spiro atoms. The molecule has 0 aliphatic heterocycles. The predicted octanol–water partition coefficient (Wildman–Crippen LogP) is 3.99. The van der Waals surface area contributed by atoms with Gasteiger partial charge in [0.2, 0.25) is 0 Å². The fourth-order valence-electron chi connectivity index (χ4n) is 2.81. The number of benzene rings is 2. The summed E-state index contributed by atoms with van der Waals surface area (Å²) < 4.78 is 5.30. The van der Waals surface area contributed by atoms with E-state index in [2.05, 4.69) is 23.5 Å². The molecule has 108 valence electrons. The molecule has 0 bridgehead atoms. The molecule has 3 rings (SSSR count). The summed E-state index contributed by atoms with van der Waals surface area (Å²) in [5.41, 5.74) is 3.55. The molecule has 2 aromatic rings. The van der Waals surface area contributed by atoms with E-state index in [4.69, 9.17) is 4.74 Å². The Labute approximate surface area is 124 Å². The van der Waals surface area contributed by atoms with Crippen LogP contribution in [0.5, 0.6) is 0 Å². The van der Waals surface area contributed by atoms with Crippen LogP contribution in [0.3, 0.4) is 0 Å². The molecule has 3 heteroatoms. The summed E-state index contributed by atoms with van der Waals surface area (Å²) in [5, 5.41) is 2.98. The minimum absolute atomic E-state index is 0.0678. The highest BCUT2D eigenvalue weighted by Crippen LogP contribution is 2.29. The zero-order valence-corrected chi connectivity index (χ0v) is 11.9. The maximum absolute atomic E-state index is 12.0. The van der Waals surface area contributed by atoms with Crippen LogP contribution < -0.4 is 5.32 Å². The molecule has 21 heavy (non-hydrogen) atoms. The molecule has 0 saturated carbocycles. The Morgan fingerprint density at radius 1 is 1.10 bits per heavy atom. The molecule has 1 atom stereocenters. The third-order valence-corrected chi connectivity index (χ3v) is 3.87. The van der Waals surface area contributed by atoms with Crippen LogP contribution >= 0.6 is 0 Å². The van der Waals surface area contributed by atoms with Gasteiger partial charge >= 0.3 is 6.09 Å². The van der Waals surface area contributed by atoms with Gasteiger partial charge in [-0.1, -0.05) is 54.6 Å². The molecule has 3 nitrogen and oxygen atoms in total. The van der Waals surface area contributed by atoms with Crippen LogP contribution in [0.2, 0.25) is 0 Å². The van der Waals surface area contributed by atoms with Gasteiger partial charge in [0.25, 0.3) is 0 Å². The Hall–Kier alpha value is -2.29. The van der Waals surface area contributed by atoms with Gasteiger partial charge in [-0.3, -0.25) is 0 Å². The summed E-state index contributed by atoms with van der Waals surface area (Å²) in [6, 6.07) is 18.1. The molecule has 0 radical (unpaired) electrons. The lowest BCUT2D eigenvalue weighted by atomic mass is 9.88. The molecule has 2 aromatic carbocycles. The van der Waals surface area contributed by atoms with Crippen LogP contribution in [0, 0.1) is 0 Å². The normalized spacial score (nSPS) is 16.9. The molecular formula is C18H19NO2. The maximum atomic E-state index is 12.0. The van der Waals surface area contributed by atoms with Crippen molar-refractivity contribution in [3.8, 4) is 0 Å². The van der Waals surface area contributed by atoms with Crippen molar-refractivity contribution in [2.75, 3.05) is 0 Å². The first-order chi connectivity index (χ1) is 10.3. The largest absolute Gasteiger partial charge is 0.445 e. The van der Waals surface area contributed by atoms with Crippen molar-refractivity contribution in [3.63, 3.8) is 0 Å². The van der Waals surface area contributed by atoms with Crippen LogP contribution in [0.1, 0.15) is 35.6 Å². The smallest absolute Gasteiger partial charge is 0.407 e. The van der Waals surface area contributed by atoms with Gasteiger partial charge in [-0.05, 0) is 36.0 Å². The fraction of sp³-hybridized carbons (Fsp3) is 0.278. The van der Waals surface area contributed by atoms with Crippen molar-refractivity contribution in [3.05, 3.63) is 71.3 Å². The average Bonchev–Trinajstić information content (AvgIpc) is 2.54. The summed E-state index contributed by atoms with van der Waals surface area (Å²) in [6.07, 6.45) is 2.81. The molecule has 1 N–H and O–H groups in total. The number of ether oxygens (including phenoxy) is 1. The van der Waals surface area contributed by atoms with Crippen molar-refractivity contribution in [2.24, 2.45) is 0 Å². The number of amides is 1. The third kappa shape index (κ3) is 3.43. The van der Waals surface area contributed by atoms with E-state index in [1.807, 2.05) is 36.4 Å². The lowest BCUT2D eigenvalue weighted by molar-refractivity contribution is 0.134. The first-order valence-electron chi connectivity index (χ1n) is 7.38. The van der Waals surface area contributed by atoms with Crippen LogP contribution in [-0.2, 0) is 17.8 Å². The van der Waals surface area contributed by atoms with Crippen molar-refractivity contribution in [2.45, 2.75) is 31.9 Å². The summed E-state index contributed by atoms with van der Waals surface area (Å²) in [4.78, 5) is 12.0. The summed E-state index contributed by atoms with van der Waals surface area (Å²) in [5.74, 6) is 0. The number of nitrogens with one attached hydrogen (secondary N) is 1. The minimum atomic E-state index is -0.347. The van der Waals surface area contributed by atoms with E-state index in [0.29, 0.717) is 6.61 Å². The first-order valence-corrected chi connectivity index (χ1v) is 7.38. The third-order valence-electron chi connectivity index (χ3n) is 3.87. The molecule has 0 saturated heterocycles. The molecule has 0 aromatic heterocycles. The number of aryl methyl sites for hydroxylation is 1. The Bertz CT molecular complexity index is 610. The Morgan fingerprint density at radius 2 is 1.86 bits per heavy atom. The SMILES string of the molecule is O=C(NC1CCCc2ccccc21)OCc1ccccc1. The van der Waals surface area contributed by atoms with Crippen LogP contribution in [0.25, 0.3) is 0 Å². The number of fused-ring (bicyclic) bond motifs is 1. The van der Waals surface area contributed by atoms with Gasteiger partial charge < -0.3 is 10.1 Å². The monoisotopic (exact) mass is 281 g/mol. The van der Waals surface area contributed by atoms with Crippen LogP contribution in [0.15, 0.2) is 54.6 Å². The topological polar surface area (TPSA) is 38.3 Å². The lowest BCUT2D eigenvalue weighted by Crippen LogP contribution is -2.31. The second kappa shape index (κ2) is 6.44. The summed E-state index contributed by atoms with van der Waals surface area (Å²) in [6.45, 7) is 0.307. The van der Waals surface area contributed by atoms with E-state index >= 15 is 0 Å². The van der Waals surface area contributed by atoms with E-state index in [0.717, 1.165) is 24.8 Å². The van der Waals surface area contributed by atoms with E-state index < -0.39 is 0 Å². The Balaban J connectivity index is 1.58. The van der Waals surface area contributed by atoms with Gasteiger partial charge in [0.05, 0.1) is 6.04 Å². The van der Waals surface area contributed by atoms with Crippen LogP contribution in [-0.4, -0.2) is 6.09 Å². The van der Waals surface area contributed by atoms with E-state index in [1.54, 1.807) is 0 Å². The van der Waals surface area contributed by atoms with E-state index in [-0.39, 0.29) is 12.1 Å². The summed E-state index contributed by atoms with van der Waals surface area (Å²) in [7, 11) is 0. The highest BCUT2D eigenvalue weighted by atomic mass is 16.5. The Kier molecular flexibility index (Phi) is 4.20. The second-order valence-electron chi connectivity index (χ2n) is 5.35. The molecule has 1 aliphatic carbocycles. The minimum Gasteiger partial charge on any atom is -0.445 e. The van der Waals surface area contributed by atoms with Crippen molar-refractivity contribution < 1.29 is 9.53 Å². The number of hydrogen-bond acceptors (Lipinski definition) is 2. The van der Waals surface area contributed by atoms with Gasteiger partial charge in [0, 0.05) is 0 Å². The highest BCUT2D eigenvalue weighted by Gasteiger charge is 2.21. The average molecular weight is 281 g/mol. The molecule has 1 unspecified atom stereocenters. The van der Waals surface area contributed by atoms with Crippen molar-refractivity contribution in [1.82, 2.24) is 5.32 Å². The van der Waals surface area contributed by atoms with Gasteiger partial charge in [-0.15, -0.1) is 0 Å². The Morgan fingerprint density at radius 3 is 2.71 bits per heavy atom. The molecule has 0 fully saturated rings. The van der Waals surface area contributed by atoms with Crippen molar-refractivity contribution >= 4 is 6.09 Å². The van der Waals surface area contributed by atoms with Gasteiger partial charge in [0.1, 0.15) is 6.61 Å². The molecule has 1 amide bonds. The predicted molar refractivity (Wildman–Crippen MR) is 81.9 cm³/mol. The number of alkyl carbamates (subject to hydrolysis) is 1. The number of carbonyl (C=O) groups is 1. The molecule has 0 heterocycles. The quantitative estimate of drug-likeness (QED) is 0.923. The molecular weight excluding hydrogens is 262 g/mol. The van der Waals surface area contributed by atoms with Gasteiger partial charge in [-0.25, -0.2) is 4.79 Å².